The zero-order valence-corrected chi connectivity index (χ0v) is 11.7. The number of hydrogen-bond acceptors (Lipinski definition) is 2. The highest BCUT2D eigenvalue weighted by Crippen LogP contribution is 2.47. The first kappa shape index (κ1) is 15.6. The molecule has 1 saturated carbocycles. The largest absolute Gasteiger partial charge is 0.481 e. The number of carboxylic acid groups (broad SMARTS) is 1. The highest BCUT2D eigenvalue weighted by molar-refractivity contribution is 5.76. The third-order valence-corrected chi connectivity index (χ3v) is 5.16. The van der Waals surface area contributed by atoms with E-state index < -0.39 is 17.6 Å². The van der Waals surface area contributed by atoms with Crippen molar-refractivity contribution >= 4 is 5.97 Å². The van der Waals surface area contributed by atoms with Gasteiger partial charge in [-0.3, -0.25) is 9.69 Å². The number of rotatable bonds is 3. The molecule has 0 radical (unpaired) electrons. The predicted octanol–water partition coefficient (Wildman–Crippen LogP) is 3.29. The van der Waals surface area contributed by atoms with Crippen molar-refractivity contribution < 1.29 is 23.1 Å². The van der Waals surface area contributed by atoms with E-state index in [1.807, 2.05) is 0 Å². The highest BCUT2D eigenvalue weighted by Gasteiger charge is 2.64. The third-order valence-electron chi connectivity index (χ3n) is 5.16. The van der Waals surface area contributed by atoms with Crippen molar-refractivity contribution in [1.82, 2.24) is 4.90 Å². The van der Waals surface area contributed by atoms with E-state index in [0.29, 0.717) is 5.92 Å². The van der Waals surface area contributed by atoms with Crippen molar-refractivity contribution in [2.24, 2.45) is 11.3 Å². The molecule has 1 aliphatic carbocycles. The molecule has 116 valence electrons. The van der Waals surface area contributed by atoms with Crippen LogP contribution in [-0.4, -0.2) is 41.3 Å². The topological polar surface area (TPSA) is 40.5 Å². The molecule has 0 amide bonds. The Hall–Kier alpha value is -0.780. The summed E-state index contributed by atoms with van der Waals surface area (Å²) in [5.41, 5.74) is -2.56. The summed E-state index contributed by atoms with van der Waals surface area (Å²) in [6.07, 6.45) is 0.00765. The molecule has 1 heterocycles. The summed E-state index contributed by atoms with van der Waals surface area (Å²) in [4.78, 5) is 12.9. The second-order valence-electron chi connectivity index (χ2n) is 6.19. The molecular formula is C14H22F3NO2. The Labute approximate surface area is 117 Å². The summed E-state index contributed by atoms with van der Waals surface area (Å²) < 4.78 is 39.3. The van der Waals surface area contributed by atoms with E-state index in [1.54, 1.807) is 4.90 Å². The van der Waals surface area contributed by atoms with Crippen molar-refractivity contribution in [3.63, 3.8) is 0 Å². The molecule has 0 spiro atoms. The lowest BCUT2D eigenvalue weighted by atomic mass is 9.83. The molecule has 3 nitrogen and oxygen atoms in total. The van der Waals surface area contributed by atoms with Crippen molar-refractivity contribution in [2.45, 2.75) is 57.7 Å². The molecule has 0 aromatic carbocycles. The summed E-state index contributed by atoms with van der Waals surface area (Å²) in [7, 11) is 0. The minimum absolute atomic E-state index is 0.126. The number of alkyl halides is 3. The van der Waals surface area contributed by atoms with Crippen LogP contribution in [-0.2, 0) is 4.79 Å². The van der Waals surface area contributed by atoms with E-state index in [2.05, 4.69) is 6.92 Å². The minimum atomic E-state index is -4.67. The van der Waals surface area contributed by atoms with Crippen molar-refractivity contribution in [1.29, 1.82) is 0 Å². The van der Waals surface area contributed by atoms with Crippen molar-refractivity contribution in [3.8, 4) is 0 Å². The van der Waals surface area contributed by atoms with Crippen LogP contribution in [0.4, 0.5) is 13.2 Å². The normalized spacial score (nSPS) is 36.2. The molecule has 0 bridgehead atoms. The molecule has 2 rings (SSSR count). The van der Waals surface area contributed by atoms with Crippen molar-refractivity contribution in [2.75, 3.05) is 13.1 Å². The Kier molecular flexibility index (Phi) is 4.33. The van der Waals surface area contributed by atoms with E-state index in [9.17, 15) is 18.0 Å². The van der Waals surface area contributed by atoms with Gasteiger partial charge in [0.1, 0.15) is 0 Å². The Morgan fingerprint density at radius 1 is 1.30 bits per heavy atom. The average molecular weight is 293 g/mol. The number of nitrogens with zero attached hydrogens (tertiary/aromatic N) is 1. The molecular weight excluding hydrogens is 271 g/mol. The predicted molar refractivity (Wildman–Crippen MR) is 68.4 cm³/mol. The summed E-state index contributed by atoms with van der Waals surface area (Å²) in [5.74, 6) is -1.05. The van der Waals surface area contributed by atoms with E-state index in [1.165, 1.54) is 0 Å². The fourth-order valence-electron chi connectivity index (χ4n) is 3.60. The van der Waals surface area contributed by atoms with Crippen LogP contribution in [0.2, 0.25) is 0 Å². The second-order valence-corrected chi connectivity index (χ2v) is 6.19. The summed E-state index contributed by atoms with van der Waals surface area (Å²) >= 11 is 0. The first-order chi connectivity index (χ1) is 9.30. The fraction of sp³-hybridized carbons (Fsp3) is 0.929. The molecule has 0 aromatic heterocycles. The first-order valence-electron chi connectivity index (χ1n) is 7.34. The molecule has 2 fully saturated rings. The van der Waals surface area contributed by atoms with Gasteiger partial charge in [-0.2, -0.15) is 13.2 Å². The molecule has 0 aromatic rings. The van der Waals surface area contributed by atoms with Crippen LogP contribution in [0.3, 0.4) is 0 Å². The van der Waals surface area contributed by atoms with Crippen LogP contribution in [0, 0.1) is 11.3 Å². The number of hydrogen-bond donors (Lipinski definition) is 1. The Morgan fingerprint density at radius 2 is 1.90 bits per heavy atom. The number of aliphatic carboxylic acids is 1. The van der Waals surface area contributed by atoms with Gasteiger partial charge in [0.2, 0.25) is 0 Å². The minimum Gasteiger partial charge on any atom is -0.481 e. The van der Waals surface area contributed by atoms with E-state index >= 15 is 0 Å². The Bertz CT molecular complexity index is 364. The Morgan fingerprint density at radius 3 is 2.30 bits per heavy atom. The molecule has 20 heavy (non-hydrogen) atoms. The van der Waals surface area contributed by atoms with Gasteiger partial charge in [-0.25, -0.2) is 0 Å². The van der Waals surface area contributed by atoms with Gasteiger partial charge in [0.15, 0.2) is 5.41 Å². The monoisotopic (exact) mass is 293 g/mol. The van der Waals surface area contributed by atoms with Gasteiger partial charge in [0, 0.05) is 12.6 Å². The first-order valence-corrected chi connectivity index (χ1v) is 7.34. The van der Waals surface area contributed by atoms with E-state index in [0.717, 1.165) is 32.1 Å². The number of likely N-dealkylation sites (tertiary alicyclic amines) is 1. The highest BCUT2D eigenvalue weighted by atomic mass is 19.4. The molecule has 1 atom stereocenters. The van der Waals surface area contributed by atoms with Crippen LogP contribution in [0.15, 0.2) is 0 Å². The van der Waals surface area contributed by atoms with E-state index in [-0.39, 0.29) is 25.6 Å². The number of carbonyl (C=O) groups is 1. The van der Waals surface area contributed by atoms with Crippen LogP contribution >= 0.6 is 0 Å². The standard InChI is InChI=1S/C14H22F3NO2/c1-2-10-3-5-11(6-4-10)18-8-7-13(9-18,12(19)20)14(15,16)17/h10-11H,2-9H2,1H3,(H,19,20). The van der Waals surface area contributed by atoms with Gasteiger partial charge in [-0.05, 0) is 44.6 Å². The SMILES string of the molecule is CCC1CCC(N2CCC(C(=O)O)(C(F)(F)F)C2)CC1. The van der Waals surface area contributed by atoms with Gasteiger partial charge < -0.3 is 5.11 Å². The zero-order valence-electron chi connectivity index (χ0n) is 11.7. The van der Waals surface area contributed by atoms with Crippen LogP contribution < -0.4 is 0 Å². The second kappa shape index (κ2) is 5.54. The maximum Gasteiger partial charge on any atom is 0.406 e. The smallest absolute Gasteiger partial charge is 0.406 e. The molecule has 6 heteroatoms. The molecule has 2 aliphatic rings. The van der Waals surface area contributed by atoms with Gasteiger partial charge in [-0.15, -0.1) is 0 Å². The quantitative estimate of drug-likeness (QED) is 0.868. The molecule has 1 aliphatic heterocycles. The fourth-order valence-corrected chi connectivity index (χ4v) is 3.60. The van der Waals surface area contributed by atoms with Crippen LogP contribution in [0.25, 0.3) is 0 Å². The van der Waals surface area contributed by atoms with E-state index in [4.69, 9.17) is 5.11 Å². The van der Waals surface area contributed by atoms with Crippen LogP contribution in [0.5, 0.6) is 0 Å². The molecule has 1 saturated heterocycles. The lowest BCUT2D eigenvalue weighted by Gasteiger charge is -2.35. The number of carboxylic acids is 1. The molecule has 1 N–H and O–H groups in total. The summed E-state index contributed by atoms with van der Waals surface area (Å²) in [6.45, 7) is 2.00. The van der Waals surface area contributed by atoms with Crippen LogP contribution in [0.1, 0.15) is 45.4 Å². The zero-order chi connectivity index (χ0) is 15.0. The summed E-state index contributed by atoms with van der Waals surface area (Å²) in [6, 6.07) is 0.126. The van der Waals surface area contributed by atoms with Gasteiger partial charge >= 0.3 is 12.1 Å². The maximum atomic E-state index is 13.1. The third kappa shape index (κ3) is 2.67. The Balaban J connectivity index is 2.03. The average Bonchev–Trinajstić information content (AvgIpc) is 2.85. The van der Waals surface area contributed by atoms with Gasteiger partial charge in [0.25, 0.3) is 0 Å². The maximum absolute atomic E-state index is 13.1. The van der Waals surface area contributed by atoms with Gasteiger partial charge in [0.05, 0.1) is 0 Å². The number of halogens is 3. The molecule has 1 unspecified atom stereocenters. The van der Waals surface area contributed by atoms with Gasteiger partial charge in [-0.1, -0.05) is 13.3 Å². The lowest BCUT2D eigenvalue weighted by molar-refractivity contribution is -0.228. The van der Waals surface area contributed by atoms with Crippen molar-refractivity contribution in [3.05, 3.63) is 0 Å². The lowest BCUT2D eigenvalue weighted by Crippen LogP contribution is -2.48. The summed E-state index contributed by atoms with van der Waals surface area (Å²) in [5, 5.41) is 9.05.